The molecule has 1 atom stereocenters. The van der Waals surface area contributed by atoms with E-state index in [0.717, 1.165) is 41.5 Å². The van der Waals surface area contributed by atoms with Crippen LogP contribution in [0.2, 0.25) is 0 Å². The van der Waals surface area contributed by atoms with Crippen LogP contribution in [0.3, 0.4) is 0 Å². The number of benzene rings is 2. The number of fused-ring (bicyclic) bond motifs is 1. The average molecular weight is 356 g/mol. The zero-order chi connectivity index (χ0) is 18.8. The predicted molar refractivity (Wildman–Crippen MR) is 105 cm³/mol. The number of hydrogen-bond acceptors (Lipinski definition) is 4. The highest BCUT2D eigenvalue weighted by atomic mass is 16.6. The minimum atomic E-state index is -0.409. The smallest absolute Gasteiger partial charge is 0.330 e. The van der Waals surface area contributed by atoms with E-state index in [0.29, 0.717) is 6.61 Å². The molecule has 0 aromatic heterocycles. The first-order valence-corrected chi connectivity index (χ1v) is 9.21. The van der Waals surface area contributed by atoms with Crippen LogP contribution < -0.4 is 9.47 Å². The van der Waals surface area contributed by atoms with Gasteiger partial charge in [0.2, 0.25) is 0 Å². The van der Waals surface area contributed by atoms with Crippen LogP contribution in [0.1, 0.15) is 39.0 Å². The van der Waals surface area contributed by atoms with Gasteiger partial charge in [0.15, 0.2) is 0 Å². The summed E-state index contributed by atoms with van der Waals surface area (Å²) in [6.45, 7) is 5.97. The lowest BCUT2D eigenvalue weighted by atomic mass is 10.1. The molecule has 26 heavy (non-hydrogen) atoms. The second kappa shape index (κ2) is 10.5. The molecule has 140 valence electrons. The van der Waals surface area contributed by atoms with Gasteiger partial charge < -0.3 is 14.2 Å². The molecule has 0 aliphatic heterocycles. The Kier molecular flexibility index (Phi) is 8.00. The van der Waals surface area contributed by atoms with E-state index in [1.54, 1.807) is 7.11 Å². The van der Waals surface area contributed by atoms with Gasteiger partial charge in [0.05, 0.1) is 7.11 Å². The standard InChI is InChI=1S/C22H28O4/c1-4-6-7-8-11-17(26-22(23)5-2)16-25-21-15-14-20(24-3)18-12-9-10-13-19(18)21/h5,9-10,12-15,17H,2,4,6-8,11,16H2,1,3H3. The van der Waals surface area contributed by atoms with Gasteiger partial charge in [-0.25, -0.2) is 4.79 Å². The van der Waals surface area contributed by atoms with E-state index < -0.39 is 5.97 Å². The van der Waals surface area contributed by atoms with Crippen LogP contribution in [0, 0.1) is 0 Å². The van der Waals surface area contributed by atoms with Crippen LogP contribution in [0.25, 0.3) is 10.8 Å². The van der Waals surface area contributed by atoms with E-state index in [4.69, 9.17) is 14.2 Å². The van der Waals surface area contributed by atoms with E-state index in [1.807, 2.05) is 36.4 Å². The van der Waals surface area contributed by atoms with E-state index in [-0.39, 0.29) is 6.10 Å². The first kappa shape index (κ1) is 19.8. The molecule has 0 bridgehead atoms. The van der Waals surface area contributed by atoms with Gasteiger partial charge >= 0.3 is 5.97 Å². The van der Waals surface area contributed by atoms with Crippen molar-refractivity contribution in [1.29, 1.82) is 0 Å². The molecule has 2 aromatic carbocycles. The highest BCUT2D eigenvalue weighted by Crippen LogP contribution is 2.33. The van der Waals surface area contributed by atoms with Crippen molar-refractivity contribution in [2.45, 2.75) is 45.1 Å². The fourth-order valence-corrected chi connectivity index (χ4v) is 2.92. The van der Waals surface area contributed by atoms with Crippen LogP contribution in [0.15, 0.2) is 49.1 Å². The number of hydrogen-bond donors (Lipinski definition) is 0. The highest BCUT2D eigenvalue weighted by Gasteiger charge is 2.15. The lowest BCUT2D eigenvalue weighted by molar-refractivity contribution is -0.144. The molecule has 0 aliphatic carbocycles. The quantitative estimate of drug-likeness (QED) is 0.311. The molecule has 0 saturated heterocycles. The number of rotatable bonds is 11. The van der Waals surface area contributed by atoms with E-state index in [9.17, 15) is 4.79 Å². The maximum absolute atomic E-state index is 11.6. The Morgan fingerprint density at radius 1 is 1.08 bits per heavy atom. The maximum atomic E-state index is 11.6. The third-order valence-electron chi connectivity index (χ3n) is 4.32. The molecule has 0 N–H and O–H groups in total. The van der Waals surface area contributed by atoms with Crippen molar-refractivity contribution in [3.8, 4) is 11.5 Å². The zero-order valence-corrected chi connectivity index (χ0v) is 15.7. The van der Waals surface area contributed by atoms with Crippen molar-refractivity contribution in [3.05, 3.63) is 49.1 Å². The Hall–Kier alpha value is -2.49. The third kappa shape index (κ3) is 5.51. The van der Waals surface area contributed by atoms with Gasteiger partial charge in [-0.05, 0) is 25.0 Å². The van der Waals surface area contributed by atoms with Gasteiger partial charge in [-0.1, -0.05) is 57.0 Å². The summed E-state index contributed by atoms with van der Waals surface area (Å²) < 4.78 is 16.9. The van der Waals surface area contributed by atoms with Crippen molar-refractivity contribution >= 4 is 16.7 Å². The van der Waals surface area contributed by atoms with Crippen LogP contribution in [-0.4, -0.2) is 25.8 Å². The third-order valence-corrected chi connectivity index (χ3v) is 4.32. The van der Waals surface area contributed by atoms with Gasteiger partial charge in [-0.2, -0.15) is 0 Å². The Morgan fingerprint density at radius 2 is 1.77 bits per heavy atom. The van der Waals surface area contributed by atoms with Crippen LogP contribution in [-0.2, 0) is 9.53 Å². The largest absolute Gasteiger partial charge is 0.496 e. The van der Waals surface area contributed by atoms with Gasteiger partial charge in [-0.3, -0.25) is 0 Å². The van der Waals surface area contributed by atoms with Crippen LogP contribution in [0.4, 0.5) is 0 Å². The molecule has 0 saturated carbocycles. The molecule has 2 rings (SSSR count). The van der Waals surface area contributed by atoms with Crippen molar-refractivity contribution in [1.82, 2.24) is 0 Å². The van der Waals surface area contributed by atoms with E-state index >= 15 is 0 Å². The summed E-state index contributed by atoms with van der Waals surface area (Å²) >= 11 is 0. The molecule has 4 nitrogen and oxygen atoms in total. The summed E-state index contributed by atoms with van der Waals surface area (Å²) in [5, 5.41) is 1.97. The maximum Gasteiger partial charge on any atom is 0.330 e. The molecule has 0 fully saturated rings. The van der Waals surface area contributed by atoms with Crippen molar-refractivity contribution in [2.75, 3.05) is 13.7 Å². The lowest BCUT2D eigenvalue weighted by Gasteiger charge is -2.19. The Morgan fingerprint density at radius 3 is 2.42 bits per heavy atom. The molecule has 0 heterocycles. The SMILES string of the molecule is C=CC(=O)OC(CCCCCC)COc1ccc(OC)c2ccccc12. The van der Waals surface area contributed by atoms with Crippen LogP contribution >= 0.6 is 0 Å². The summed E-state index contributed by atoms with van der Waals surface area (Å²) in [7, 11) is 1.66. The number of ether oxygens (including phenoxy) is 3. The average Bonchev–Trinajstić information content (AvgIpc) is 2.68. The zero-order valence-electron chi connectivity index (χ0n) is 15.7. The summed E-state index contributed by atoms with van der Waals surface area (Å²) in [5.74, 6) is 1.16. The highest BCUT2D eigenvalue weighted by molar-refractivity contribution is 5.93. The monoisotopic (exact) mass is 356 g/mol. The topological polar surface area (TPSA) is 44.8 Å². The first-order valence-electron chi connectivity index (χ1n) is 9.21. The van der Waals surface area contributed by atoms with E-state index in [2.05, 4.69) is 13.5 Å². The summed E-state index contributed by atoms with van der Waals surface area (Å²) in [5.41, 5.74) is 0. The van der Waals surface area contributed by atoms with Crippen molar-refractivity contribution in [3.63, 3.8) is 0 Å². The van der Waals surface area contributed by atoms with Crippen LogP contribution in [0.5, 0.6) is 11.5 Å². The molecule has 1 unspecified atom stereocenters. The molecule has 4 heteroatoms. The van der Waals surface area contributed by atoms with Crippen molar-refractivity contribution in [2.24, 2.45) is 0 Å². The number of esters is 1. The normalized spacial score (nSPS) is 11.8. The number of carbonyl (C=O) groups is 1. The summed E-state index contributed by atoms with van der Waals surface area (Å²) in [6.07, 6.45) is 6.20. The number of carbonyl (C=O) groups excluding carboxylic acids is 1. The number of unbranched alkanes of at least 4 members (excludes halogenated alkanes) is 3. The number of methoxy groups -OCH3 is 1. The van der Waals surface area contributed by atoms with E-state index in [1.165, 1.54) is 18.9 Å². The van der Waals surface area contributed by atoms with Gasteiger partial charge in [0.25, 0.3) is 0 Å². The van der Waals surface area contributed by atoms with Gasteiger partial charge in [0, 0.05) is 16.8 Å². The molecule has 0 amide bonds. The second-order valence-corrected chi connectivity index (χ2v) is 6.23. The minimum Gasteiger partial charge on any atom is -0.496 e. The van der Waals surface area contributed by atoms with Gasteiger partial charge in [-0.15, -0.1) is 0 Å². The lowest BCUT2D eigenvalue weighted by Crippen LogP contribution is -2.24. The Bertz CT molecular complexity index is 723. The molecule has 0 aliphatic rings. The summed E-state index contributed by atoms with van der Waals surface area (Å²) in [6, 6.07) is 11.7. The molecular weight excluding hydrogens is 328 g/mol. The fourth-order valence-electron chi connectivity index (χ4n) is 2.92. The Balaban J connectivity index is 2.08. The molecular formula is C22H28O4. The minimum absolute atomic E-state index is 0.279. The summed E-state index contributed by atoms with van der Waals surface area (Å²) in [4.78, 5) is 11.6. The molecule has 0 spiro atoms. The van der Waals surface area contributed by atoms with Crippen molar-refractivity contribution < 1.29 is 19.0 Å². The molecule has 2 aromatic rings. The predicted octanol–water partition coefficient (Wildman–Crippen LogP) is 5.30. The molecule has 0 radical (unpaired) electrons. The fraction of sp³-hybridized carbons (Fsp3) is 0.409. The van der Waals surface area contributed by atoms with Gasteiger partial charge in [0.1, 0.15) is 24.2 Å². The first-order chi connectivity index (χ1) is 12.7. The Labute approximate surface area is 155 Å². The second-order valence-electron chi connectivity index (χ2n) is 6.23.